The minimum Gasteiger partial charge on any atom is -0.490 e. The van der Waals surface area contributed by atoms with Crippen LogP contribution in [0.15, 0.2) is 22.7 Å². The van der Waals surface area contributed by atoms with Crippen molar-refractivity contribution in [1.82, 2.24) is 0 Å². The van der Waals surface area contributed by atoms with E-state index in [-0.39, 0.29) is 6.10 Å². The Morgan fingerprint density at radius 1 is 1.25 bits per heavy atom. The molecule has 86 valence electrons. The van der Waals surface area contributed by atoms with Gasteiger partial charge in [0, 0.05) is 4.47 Å². The lowest BCUT2D eigenvalue weighted by molar-refractivity contribution is 0.111. The van der Waals surface area contributed by atoms with E-state index in [0.717, 1.165) is 23.6 Å². The van der Waals surface area contributed by atoms with Gasteiger partial charge in [0.1, 0.15) is 5.75 Å². The summed E-state index contributed by atoms with van der Waals surface area (Å²) in [4.78, 5) is 10.9. The van der Waals surface area contributed by atoms with Crippen LogP contribution >= 0.6 is 15.9 Å². The first-order valence-corrected chi connectivity index (χ1v) is 6.50. The quantitative estimate of drug-likeness (QED) is 0.784. The van der Waals surface area contributed by atoms with Gasteiger partial charge in [0.15, 0.2) is 6.29 Å². The zero-order valence-corrected chi connectivity index (χ0v) is 10.7. The summed E-state index contributed by atoms with van der Waals surface area (Å²) in [6, 6.07) is 5.57. The molecule has 2 rings (SSSR count). The number of halogens is 1. The smallest absolute Gasteiger partial charge is 0.153 e. The van der Waals surface area contributed by atoms with Gasteiger partial charge in [-0.05, 0) is 43.9 Å². The van der Waals surface area contributed by atoms with Gasteiger partial charge in [0.25, 0.3) is 0 Å². The SMILES string of the molecule is O=Cc1cc(Br)ccc1OC1CCCCC1. The molecule has 3 heteroatoms. The van der Waals surface area contributed by atoms with Crippen LogP contribution in [0.2, 0.25) is 0 Å². The summed E-state index contributed by atoms with van der Waals surface area (Å²) in [6.07, 6.45) is 7.12. The maximum atomic E-state index is 10.9. The minimum atomic E-state index is 0.286. The number of rotatable bonds is 3. The highest BCUT2D eigenvalue weighted by Gasteiger charge is 2.16. The van der Waals surface area contributed by atoms with Gasteiger partial charge in [-0.1, -0.05) is 22.4 Å². The van der Waals surface area contributed by atoms with Gasteiger partial charge in [0.2, 0.25) is 0 Å². The second-order valence-electron chi connectivity index (χ2n) is 4.18. The molecule has 2 nitrogen and oxygen atoms in total. The topological polar surface area (TPSA) is 26.3 Å². The fraction of sp³-hybridized carbons (Fsp3) is 0.462. The van der Waals surface area contributed by atoms with Crippen molar-refractivity contribution in [3.05, 3.63) is 28.2 Å². The Balaban J connectivity index is 2.10. The van der Waals surface area contributed by atoms with E-state index in [9.17, 15) is 4.79 Å². The number of hydrogen-bond acceptors (Lipinski definition) is 2. The van der Waals surface area contributed by atoms with Crippen LogP contribution in [-0.4, -0.2) is 12.4 Å². The summed E-state index contributed by atoms with van der Waals surface area (Å²) >= 11 is 3.35. The van der Waals surface area contributed by atoms with Crippen molar-refractivity contribution >= 4 is 22.2 Å². The van der Waals surface area contributed by atoms with Crippen LogP contribution in [0.25, 0.3) is 0 Å². The normalized spacial score (nSPS) is 17.1. The minimum absolute atomic E-state index is 0.286. The molecule has 0 radical (unpaired) electrons. The molecule has 0 saturated heterocycles. The molecule has 1 aliphatic rings. The number of carbonyl (C=O) groups is 1. The summed E-state index contributed by atoms with van der Waals surface area (Å²) in [5.41, 5.74) is 0.625. The average Bonchev–Trinajstić information content (AvgIpc) is 2.33. The first kappa shape index (κ1) is 11.6. The number of benzene rings is 1. The molecule has 0 unspecified atom stereocenters. The van der Waals surface area contributed by atoms with Crippen molar-refractivity contribution in [3.63, 3.8) is 0 Å². The van der Waals surface area contributed by atoms with Crippen LogP contribution in [0.5, 0.6) is 5.75 Å². The van der Waals surface area contributed by atoms with Gasteiger partial charge >= 0.3 is 0 Å². The molecule has 1 saturated carbocycles. The molecule has 0 N–H and O–H groups in total. The highest BCUT2D eigenvalue weighted by atomic mass is 79.9. The van der Waals surface area contributed by atoms with Crippen LogP contribution in [-0.2, 0) is 0 Å². The monoisotopic (exact) mass is 282 g/mol. The van der Waals surface area contributed by atoms with Crippen molar-refractivity contribution in [2.75, 3.05) is 0 Å². The summed E-state index contributed by atoms with van der Waals surface area (Å²) in [5.74, 6) is 0.713. The predicted octanol–water partition coefficient (Wildman–Crippen LogP) is 3.97. The fourth-order valence-corrected chi connectivity index (χ4v) is 2.46. The lowest BCUT2D eigenvalue weighted by Crippen LogP contribution is -2.20. The van der Waals surface area contributed by atoms with E-state index in [0.29, 0.717) is 11.3 Å². The second kappa shape index (κ2) is 5.48. The Hall–Kier alpha value is -0.830. The lowest BCUT2D eigenvalue weighted by Gasteiger charge is -2.23. The van der Waals surface area contributed by atoms with E-state index < -0.39 is 0 Å². The zero-order chi connectivity index (χ0) is 11.4. The van der Waals surface area contributed by atoms with E-state index in [4.69, 9.17) is 4.74 Å². The lowest BCUT2D eigenvalue weighted by atomic mass is 9.98. The highest BCUT2D eigenvalue weighted by molar-refractivity contribution is 9.10. The van der Waals surface area contributed by atoms with Gasteiger partial charge < -0.3 is 4.74 Å². The number of ether oxygens (including phenoxy) is 1. The van der Waals surface area contributed by atoms with Crippen molar-refractivity contribution in [1.29, 1.82) is 0 Å². The van der Waals surface area contributed by atoms with Gasteiger partial charge in [0.05, 0.1) is 11.7 Å². The molecule has 16 heavy (non-hydrogen) atoms. The molecule has 0 spiro atoms. The first-order chi connectivity index (χ1) is 7.79. The van der Waals surface area contributed by atoms with Crippen molar-refractivity contribution in [2.24, 2.45) is 0 Å². The van der Waals surface area contributed by atoms with E-state index in [1.54, 1.807) is 6.07 Å². The summed E-state index contributed by atoms with van der Waals surface area (Å²) < 4.78 is 6.79. The second-order valence-corrected chi connectivity index (χ2v) is 5.09. The Bertz CT molecular complexity index is 370. The molecule has 1 aromatic rings. The van der Waals surface area contributed by atoms with Crippen molar-refractivity contribution < 1.29 is 9.53 Å². The number of carbonyl (C=O) groups excluding carboxylic acids is 1. The molecule has 0 amide bonds. The van der Waals surface area contributed by atoms with Crippen LogP contribution < -0.4 is 4.74 Å². The molecule has 0 heterocycles. The van der Waals surface area contributed by atoms with E-state index in [1.807, 2.05) is 12.1 Å². The molecule has 1 aromatic carbocycles. The Morgan fingerprint density at radius 3 is 2.69 bits per heavy atom. The van der Waals surface area contributed by atoms with Crippen LogP contribution in [0.1, 0.15) is 42.5 Å². The predicted molar refractivity (Wildman–Crippen MR) is 67.0 cm³/mol. The molecule has 0 aromatic heterocycles. The largest absolute Gasteiger partial charge is 0.490 e. The van der Waals surface area contributed by atoms with E-state index in [1.165, 1.54) is 19.3 Å². The molecule has 0 bridgehead atoms. The Kier molecular flexibility index (Phi) is 3.99. The maximum Gasteiger partial charge on any atom is 0.153 e. The van der Waals surface area contributed by atoms with Crippen LogP contribution in [0.4, 0.5) is 0 Å². The molecular formula is C13H15BrO2. The van der Waals surface area contributed by atoms with Crippen LogP contribution in [0, 0.1) is 0 Å². The Labute approximate surface area is 104 Å². The number of aldehydes is 1. The third-order valence-electron chi connectivity index (χ3n) is 2.94. The zero-order valence-electron chi connectivity index (χ0n) is 9.12. The summed E-state index contributed by atoms with van der Waals surface area (Å²) in [7, 11) is 0. The van der Waals surface area contributed by atoms with Crippen molar-refractivity contribution in [3.8, 4) is 5.75 Å². The Morgan fingerprint density at radius 2 is 2.00 bits per heavy atom. The maximum absolute atomic E-state index is 10.9. The molecular weight excluding hydrogens is 268 g/mol. The first-order valence-electron chi connectivity index (χ1n) is 5.71. The van der Waals surface area contributed by atoms with Gasteiger partial charge in [-0.3, -0.25) is 4.79 Å². The molecule has 0 aliphatic heterocycles. The standard InChI is InChI=1S/C13H15BrO2/c14-11-6-7-13(10(8-11)9-15)16-12-4-2-1-3-5-12/h6-9,12H,1-5H2. The highest BCUT2D eigenvalue weighted by Crippen LogP contribution is 2.27. The average molecular weight is 283 g/mol. The van der Waals surface area contributed by atoms with Crippen LogP contribution in [0.3, 0.4) is 0 Å². The van der Waals surface area contributed by atoms with Gasteiger partial charge in [-0.25, -0.2) is 0 Å². The summed E-state index contributed by atoms with van der Waals surface area (Å²) in [6.45, 7) is 0. The summed E-state index contributed by atoms with van der Waals surface area (Å²) in [5, 5.41) is 0. The fourth-order valence-electron chi connectivity index (χ4n) is 2.08. The molecule has 1 aliphatic carbocycles. The molecule has 0 atom stereocenters. The van der Waals surface area contributed by atoms with Crippen molar-refractivity contribution in [2.45, 2.75) is 38.2 Å². The van der Waals surface area contributed by atoms with Gasteiger partial charge in [-0.2, -0.15) is 0 Å². The number of hydrogen-bond donors (Lipinski definition) is 0. The van der Waals surface area contributed by atoms with Gasteiger partial charge in [-0.15, -0.1) is 0 Å². The van der Waals surface area contributed by atoms with E-state index >= 15 is 0 Å². The molecule has 1 fully saturated rings. The third kappa shape index (κ3) is 2.85. The third-order valence-corrected chi connectivity index (χ3v) is 3.44. The van der Waals surface area contributed by atoms with E-state index in [2.05, 4.69) is 15.9 Å².